The second-order valence-electron chi connectivity index (χ2n) is 17.2. The fourth-order valence-corrected chi connectivity index (χ4v) is 9.98. The maximum Gasteiger partial charge on any atom is 0.337 e. The molecule has 2 aromatic heterocycles. The Morgan fingerprint density at radius 3 is 1.39 bits per heavy atom. The molecule has 4 aromatic carbocycles. The molecule has 4 aliphatic rings. The Bertz CT molecular complexity index is 2880. The van der Waals surface area contributed by atoms with Crippen LogP contribution in [0.1, 0.15) is 103 Å². The van der Waals surface area contributed by atoms with Crippen molar-refractivity contribution in [3.8, 4) is 34.4 Å². The minimum atomic E-state index is -0.987. The van der Waals surface area contributed by atoms with Crippen molar-refractivity contribution in [3.63, 3.8) is 0 Å². The van der Waals surface area contributed by atoms with Gasteiger partial charge in [-0.15, -0.1) is 0 Å². The van der Waals surface area contributed by atoms with Gasteiger partial charge in [0.05, 0.1) is 55.2 Å². The number of benzene rings is 4. The van der Waals surface area contributed by atoms with Crippen LogP contribution in [0.5, 0.6) is 23.0 Å². The molecule has 2 amide bonds. The number of fused-ring (bicyclic) bond motifs is 8. The largest absolute Gasteiger partial charge is 0.496 e. The zero-order chi connectivity index (χ0) is 47.0. The number of hydrogen-bond acceptors (Lipinski definition) is 9. The number of carboxylic acids is 1. The molecule has 67 heavy (non-hydrogen) atoms. The fraction of sp³-hybridized carbons (Fsp3) is 0.321. The molecular weight excluding hydrogens is 853 g/mol. The standard InChI is InChI=1S/C27H28N2O5.C26H26N2O5/c1-4-18-7-8-19(16-22(18)32-2)25(30)28-14-11-27(12-15-28)24-6-5-13-29(24)21-10-9-20(26(31)33-3)17-23(21)34-27;1-3-17-6-7-18(15-21(17)32-2)24(29)27-13-10-26(11-14-27)23-5-4-12-28(23)20-9-8-19(25(30)31)16-22(20)33-26/h5-10,13,16-17H,4,11-12,14-15H2,1-3H3;4-9,12,15-16H,3,10-11,13-14H2,1-2H3,(H,30,31). The molecule has 2 saturated heterocycles. The first kappa shape index (κ1) is 44.7. The van der Waals surface area contributed by atoms with Crippen molar-refractivity contribution in [3.05, 3.63) is 154 Å². The van der Waals surface area contributed by atoms with E-state index in [4.69, 9.17) is 23.7 Å². The first-order chi connectivity index (χ1) is 32.4. The number of aromatic nitrogens is 2. The minimum Gasteiger partial charge on any atom is -0.496 e. The van der Waals surface area contributed by atoms with Gasteiger partial charge in [0, 0.05) is 75.4 Å². The van der Waals surface area contributed by atoms with Gasteiger partial charge < -0.3 is 47.7 Å². The van der Waals surface area contributed by atoms with E-state index in [9.17, 15) is 24.3 Å². The van der Waals surface area contributed by atoms with Crippen LogP contribution < -0.4 is 18.9 Å². The topological polar surface area (TPSA) is 151 Å². The van der Waals surface area contributed by atoms with Gasteiger partial charge in [0.15, 0.2) is 11.2 Å². The molecule has 14 heteroatoms. The molecule has 6 aromatic rings. The number of carbonyl (C=O) groups is 4. The van der Waals surface area contributed by atoms with Crippen molar-refractivity contribution in [1.29, 1.82) is 0 Å². The number of rotatable bonds is 8. The summed E-state index contributed by atoms with van der Waals surface area (Å²) in [5.41, 5.74) is 6.68. The van der Waals surface area contributed by atoms with Crippen molar-refractivity contribution in [1.82, 2.24) is 18.9 Å². The molecule has 4 aliphatic heterocycles. The number of ether oxygens (including phenoxy) is 5. The van der Waals surface area contributed by atoms with Gasteiger partial charge in [0.2, 0.25) is 0 Å². The summed E-state index contributed by atoms with van der Waals surface area (Å²) in [5.74, 6) is 1.26. The highest BCUT2D eigenvalue weighted by Gasteiger charge is 2.46. The molecule has 0 aliphatic carbocycles. The minimum absolute atomic E-state index is 0.00428. The molecule has 0 bridgehead atoms. The molecule has 14 nitrogen and oxygen atoms in total. The highest BCUT2D eigenvalue weighted by molar-refractivity contribution is 5.96. The Kier molecular flexibility index (Phi) is 12.1. The molecule has 1 N–H and O–H groups in total. The van der Waals surface area contributed by atoms with Crippen LogP contribution in [-0.4, -0.2) is 95.3 Å². The third kappa shape index (κ3) is 8.04. The number of aromatic carboxylic acids is 1. The van der Waals surface area contributed by atoms with E-state index in [0.29, 0.717) is 80.1 Å². The average molecular weight is 907 g/mol. The van der Waals surface area contributed by atoms with Crippen LogP contribution in [0.15, 0.2) is 109 Å². The average Bonchev–Trinajstić information content (AvgIpc) is 4.09. The van der Waals surface area contributed by atoms with Crippen LogP contribution in [0.4, 0.5) is 0 Å². The van der Waals surface area contributed by atoms with Gasteiger partial charge in [-0.05, 0) is 109 Å². The first-order valence-electron chi connectivity index (χ1n) is 22.7. The third-order valence-electron chi connectivity index (χ3n) is 13.7. The normalized spacial score (nSPS) is 15.9. The van der Waals surface area contributed by atoms with Gasteiger partial charge >= 0.3 is 11.9 Å². The lowest BCUT2D eigenvalue weighted by molar-refractivity contribution is -0.00986. The Morgan fingerprint density at radius 1 is 0.567 bits per heavy atom. The molecule has 6 heterocycles. The van der Waals surface area contributed by atoms with E-state index in [0.717, 1.165) is 58.2 Å². The molecule has 0 atom stereocenters. The van der Waals surface area contributed by atoms with Gasteiger partial charge in [-0.3, -0.25) is 9.59 Å². The molecule has 0 saturated carbocycles. The van der Waals surface area contributed by atoms with E-state index in [1.807, 2.05) is 82.9 Å². The summed E-state index contributed by atoms with van der Waals surface area (Å²) in [6.07, 6.45) is 8.19. The SMILES string of the molecule is CCc1ccc(C(=O)N2CCC3(CC2)Oc2cc(C(=O)O)ccc2-n2cccc23)cc1OC.CCc1ccc(C(=O)N2CCC3(CC2)Oc2cc(C(=O)OC)ccc2-n2cccc23)cc1OC. The Balaban J connectivity index is 0.000000168. The van der Waals surface area contributed by atoms with E-state index >= 15 is 0 Å². The lowest BCUT2D eigenvalue weighted by Crippen LogP contribution is -2.50. The Labute approximate surface area is 389 Å². The van der Waals surface area contributed by atoms with E-state index in [1.165, 1.54) is 7.11 Å². The summed E-state index contributed by atoms with van der Waals surface area (Å²) >= 11 is 0. The Morgan fingerprint density at radius 2 is 0.985 bits per heavy atom. The van der Waals surface area contributed by atoms with E-state index in [1.54, 1.807) is 44.6 Å². The molecule has 0 radical (unpaired) electrons. The highest BCUT2D eigenvalue weighted by atomic mass is 16.5. The van der Waals surface area contributed by atoms with Crippen molar-refractivity contribution in [2.24, 2.45) is 0 Å². The van der Waals surface area contributed by atoms with Crippen molar-refractivity contribution >= 4 is 23.8 Å². The zero-order valence-corrected chi connectivity index (χ0v) is 38.4. The predicted molar refractivity (Wildman–Crippen MR) is 249 cm³/mol. The van der Waals surface area contributed by atoms with Gasteiger partial charge in [0.25, 0.3) is 11.8 Å². The van der Waals surface area contributed by atoms with Gasteiger partial charge in [-0.25, -0.2) is 9.59 Å². The molecule has 2 spiro atoms. The summed E-state index contributed by atoms with van der Waals surface area (Å²) in [6.45, 7) is 6.32. The quantitative estimate of drug-likeness (QED) is 0.147. The summed E-state index contributed by atoms with van der Waals surface area (Å²) in [6, 6.07) is 29.7. The number of carbonyl (C=O) groups excluding carboxylic acids is 3. The number of piperidine rings is 2. The summed E-state index contributed by atoms with van der Waals surface area (Å²) in [7, 11) is 4.62. The van der Waals surface area contributed by atoms with E-state index in [2.05, 4.69) is 29.0 Å². The maximum absolute atomic E-state index is 13.3. The summed E-state index contributed by atoms with van der Waals surface area (Å²) in [4.78, 5) is 53.7. The monoisotopic (exact) mass is 906 g/mol. The van der Waals surface area contributed by atoms with Crippen LogP contribution in [0.3, 0.4) is 0 Å². The number of aryl methyl sites for hydroxylation is 2. The number of likely N-dealkylation sites (tertiary alicyclic amines) is 2. The van der Waals surface area contributed by atoms with Gasteiger partial charge in [-0.1, -0.05) is 26.0 Å². The number of nitrogens with zero attached hydrogens (tertiary/aromatic N) is 4. The van der Waals surface area contributed by atoms with Crippen LogP contribution in [0.25, 0.3) is 11.4 Å². The smallest absolute Gasteiger partial charge is 0.337 e. The van der Waals surface area contributed by atoms with Gasteiger partial charge in [0.1, 0.15) is 23.0 Å². The number of amides is 2. The number of methoxy groups -OCH3 is 3. The molecule has 2 fully saturated rings. The van der Waals surface area contributed by atoms with Crippen LogP contribution in [0.2, 0.25) is 0 Å². The van der Waals surface area contributed by atoms with Crippen LogP contribution >= 0.6 is 0 Å². The lowest BCUT2D eigenvalue weighted by Gasteiger charge is -2.45. The summed E-state index contributed by atoms with van der Waals surface area (Å²) < 4.78 is 33.1. The van der Waals surface area contributed by atoms with E-state index < -0.39 is 23.1 Å². The lowest BCUT2D eigenvalue weighted by atomic mass is 9.86. The van der Waals surface area contributed by atoms with Crippen molar-refractivity contribution in [2.45, 2.75) is 63.6 Å². The van der Waals surface area contributed by atoms with Crippen molar-refractivity contribution in [2.75, 3.05) is 47.5 Å². The van der Waals surface area contributed by atoms with E-state index in [-0.39, 0.29) is 17.4 Å². The fourth-order valence-electron chi connectivity index (χ4n) is 9.98. The maximum atomic E-state index is 13.3. The number of carboxylic acid groups (broad SMARTS) is 1. The third-order valence-corrected chi connectivity index (χ3v) is 13.7. The van der Waals surface area contributed by atoms with Gasteiger partial charge in [-0.2, -0.15) is 0 Å². The summed E-state index contributed by atoms with van der Waals surface area (Å²) in [5, 5.41) is 9.40. The van der Waals surface area contributed by atoms with Crippen molar-refractivity contribution < 1.29 is 48.0 Å². The Hall–Kier alpha value is -7.48. The highest BCUT2D eigenvalue weighted by Crippen LogP contribution is 2.47. The zero-order valence-electron chi connectivity index (χ0n) is 38.4. The van der Waals surface area contributed by atoms with Crippen LogP contribution in [-0.2, 0) is 28.8 Å². The second-order valence-corrected chi connectivity index (χ2v) is 17.2. The molecule has 0 unspecified atom stereocenters. The second kappa shape index (κ2) is 18.1. The first-order valence-corrected chi connectivity index (χ1v) is 22.7. The molecule has 346 valence electrons. The number of esters is 1. The predicted octanol–water partition coefficient (Wildman–Crippen LogP) is 8.63. The van der Waals surface area contributed by atoms with Crippen LogP contribution in [0, 0.1) is 0 Å². The number of hydrogen-bond donors (Lipinski definition) is 1. The molecular formula is C53H54N4O10. The molecule has 10 rings (SSSR count).